The first-order chi connectivity index (χ1) is 14.8. The van der Waals surface area contributed by atoms with Gasteiger partial charge < -0.3 is 15.1 Å². The molecule has 0 unspecified atom stereocenters. The van der Waals surface area contributed by atoms with Crippen molar-refractivity contribution in [2.75, 3.05) is 20.1 Å². The van der Waals surface area contributed by atoms with E-state index in [4.69, 9.17) is 26.9 Å². The van der Waals surface area contributed by atoms with Gasteiger partial charge >= 0.3 is 11.9 Å². The number of likely N-dealkylation sites (tertiary alicyclic amines) is 1. The van der Waals surface area contributed by atoms with E-state index in [1.54, 1.807) is 0 Å². The summed E-state index contributed by atoms with van der Waals surface area (Å²) < 4.78 is 2.05. The van der Waals surface area contributed by atoms with Crippen LogP contribution in [0.25, 0.3) is 16.6 Å². The average Bonchev–Trinajstić information content (AvgIpc) is 3.14. The van der Waals surface area contributed by atoms with Crippen LogP contribution in [0, 0.1) is 0 Å². The van der Waals surface area contributed by atoms with Gasteiger partial charge in [-0.25, -0.2) is 14.3 Å². The summed E-state index contributed by atoms with van der Waals surface area (Å²) in [4.78, 5) is 21.5. The first kappa shape index (κ1) is 22.5. The fraction of sp³-hybridized carbons (Fsp3) is 0.261. The Balaban J connectivity index is 0.000000293. The number of carboxylic acids is 2. The number of piperidine rings is 1. The third-order valence-electron chi connectivity index (χ3n) is 5.16. The third-order valence-corrected chi connectivity index (χ3v) is 5.41. The van der Waals surface area contributed by atoms with Crippen LogP contribution < -0.4 is 0 Å². The molecule has 0 bridgehead atoms. The number of nitrogens with zero attached hydrogens (tertiary/aromatic N) is 3. The Morgan fingerprint density at radius 3 is 2.16 bits per heavy atom. The van der Waals surface area contributed by atoms with E-state index in [-0.39, 0.29) is 0 Å². The van der Waals surface area contributed by atoms with E-state index in [1.807, 2.05) is 24.3 Å². The normalized spacial score (nSPS) is 15.0. The predicted octanol–water partition coefficient (Wildman–Crippen LogP) is 4.20. The molecule has 1 saturated heterocycles. The molecule has 4 rings (SSSR count). The molecule has 1 aromatic heterocycles. The van der Waals surface area contributed by atoms with Crippen molar-refractivity contribution in [3.8, 4) is 5.69 Å². The van der Waals surface area contributed by atoms with Crippen molar-refractivity contribution in [1.29, 1.82) is 0 Å². The van der Waals surface area contributed by atoms with Crippen LogP contribution >= 0.6 is 11.6 Å². The van der Waals surface area contributed by atoms with E-state index in [1.165, 1.54) is 29.4 Å². The molecule has 2 N–H and O–H groups in total. The first-order valence-corrected chi connectivity index (χ1v) is 10.3. The van der Waals surface area contributed by atoms with E-state index in [9.17, 15) is 9.59 Å². The number of carboxylic acid groups (broad SMARTS) is 2. The lowest BCUT2D eigenvalue weighted by molar-refractivity contribution is -0.134. The molecule has 1 fully saturated rings. The van der Waals surface area contributed by atoms with Crippen molar-refractivity contribution >= 4 is 34.4 Å². The summed E-state index contributed by atoms with van der Waals surface area (Å²) in [6, 6.07) is 16.4. The lowest BCUT2D eigenvalue weighted by Gasteiger charge is -2.28. The molecule has 0 saturated carbocycles. The van der Waals surface area contributed by atoms with Crippen LogP contribution in [0.15, 0.2) is 60.7 Å². The molecular formula is C23H24ClN3O4. The Morgan fingerprint density at radius 1 is 1.00 bits per heavy atom. The van der Waals surface area contributed by atoms with Crippen molar-refractivity contribution in [2.45, 2.75) is 18.8 Å². The van der Waals surface area contributed by atoms with Gasteiger partial charge in [0.15, 0.2) is 0 Å². The number of para-hydroxylation sites is 1. The van der Waals surface area contributed by atoms with Gasteiger partial charge in [0, 0.05) is 28.5 Å². The van der Waals surface area contributed by atoms with Crippen LogP contribution in [-0.2, 0) is 9.59 Å². The zero-order chi connectivity index (χ0) is 22.4. The first-order valence-electron chi connectivity index (χ1n) is 9.91. The second-order valence-corrected chi connectivity index (χ2v) is 7.81. The maximum atomic E-state index is 9.55. The van der Waals surface area contributed by atoms with Crippen LogP contribution in [0.4, 0.5) is 0 Å². The van der Waals surface area contributed by atoms with E-state index in [0.717, 1.165) is 23.8 Å². The summed E-state index contributed by atoms with van der Waals surface area (Å²) in [5.41, 5.74) is 3.47. The smallest absolute Gasteiger partial charge is 0.328 e. The number of fused-ring (bicyclic) bond motifs is 1. The Kier molecular flexibility index (Phi) is 7.44. The summed E-state index contributed by atoms with van der Waals surface area (Å²) in [6.07, 6.45) is 3.47. The topological polar surface area (TPSA) is 95.7 Å². The van der Waals surface area contributed by atoms with Gasteiger partial charge in [-0.3, -0.25) is 0 Å². The van der Waals surface area contributed by atoms with Gasteiger partial charge in [0.1, 0.15) is 0 Å². The molecule has 0 radical (unpaired) electrons. The van der Waals surface area contributed by atoms with Gasteiger partial charge in [0.25, 0.3) is 0 Å². The van der Waals surface area contributed by atoms with Gasteiger partial charge in [-0.1, -0.05) is 29.8 Å². The number of halogens is 1. The summed E-state index contributed by atoms with van der Waals surface area (Å²) in [5, 5.41) is 22.6. The molecule has 3 aromatic rings. The van der Waals surface area contributed by atoms with Crippen LogP contribution in [0.3, 0.4) is 0 Å². The molecule has 8 heteroatoms. The van der Waals surface area contributed by atoms with E-state index in [0.29, 0.717) is 18.1 Å². The molecular weight excluding hydrogens is 418 g/mol. The van der Waals surface area contributed by atoms with Crippen molar-refractivity contribution < 1.29 is 19.8 Å². The maximum Gasteiger partial charge on any atom is 0.328 e. The molecule has 162 valence electrons. The van der Waals surface area contributed by atoms with Crippen molar-refractivity contribution in [2.24, 2.45) is 0 Å². The number of aromatic nitrogens is 2. The maximum absolute atomic E-state index is 9.55. The summed E-state index contributed by atoms with van der Waals surface area (Å²) in [7, 11) is 2.20. The second kappa shape index (κ2) is 10.2. The van der Waals surface area contributed by atoms with E-state index < -0.39 is 11.9 Å². The van der Waals surface area contributed by atoms with E-state index in [2.05, 4.69) is 40.9 Å². The van der Waals surface area contributed by atoms with Gasteiger partial charge in [-0.15, -0.1) is 0 Å². The highest BCUT2D eigenvalue weighted by atomic mass is 35.5. The molecule has 0 aliphatic carbocycles. The Labute approximate surface area is 185 Å². The fourth-order valence-corrected chi connectivity index (χ4v) is 3.72. The monoisotopic (exact) mass is 441 g/mol. The summed E-state index contributed by atoms with van der Waals surface area (Å²) >= 11 is 6.02. The van der Waals surface area contributed by atoms with Crippen molar-refractivity contribution in [3.63, 3.8) is 0 Å². The zero-order valence-electron chi connectivity index (χ0n) is 17.1. The average molecular weight is 442 g/mol. The quantitative estimate of drug-likeness (QED) is 0.589. The minimum Gasteiger partial charge on any atom is -0.478 e. The lowest BCUT2D eigenvalue weighted by Crippen LogP contribution is -2.29. The molecule has 1 aliphatic heterocycles. The van der Waals surface area contributed by atoms with Crippen molar-refractivity contribution in [3.05, 3.63) is 71.4 Å². The van der Waals surface area contributed by atoms with E-state index >= 15 is 0 Å². The highest BCUT2D eigenvalue weighted by molar-refractivity contribution is 6.30. The molecule has 0 spiro atoms. The number of aliphatic carboxylic acids is 2. The van der Waals surface area contributed by atoms with Gasteiger partial charge in [-0.2, -0.15) is 5.10 Å². The molecule has 2 aromatic carbocycles. The largest absolute Gasteiger partial charge is 0.478 e. The summed E-state index contributed by atoms with van der Waals surface area (Å²) in [6.45, 7) is 2.29. The van der Waals surface area contributed by atoms with Crippen molar-refractivity contribution in [1.82, 2.24) is 14.7 Å². The van der Waals surface area contributed by atoms with Gasteiger partial charge in [0.05, 0.1) is 16.9 Å². The molecule has 0 amide bonds. The standard InChI is InChI=1S/C19H20ClN3.C4H4O4/c1-22-12-10-14(11-13-22)19-17-4-2-3-5-18(17)23(21-19)16-8-6-15(20)7-9-16;5-3(6)1-2-4(7)8/h2-9,14H,10-13H2,1H3;1-2H,(H,5,6)(H,7,8). The van der Waals surface area contributed by atoms with Crippen LogP contribution in [0.1, 0.15) is 24.5 Å². The number of hydrogen-bond donors (Lipinski definition) is 2. The van der Waals surface area contributed by atoms with Gasteiger partial charge in [-0.05, 0) is 63.3 Å². The van der Waals surface area contributed by atoms with Crippen LogP contribution in [0.2, 0.25) is 5.02 Å². The Morgan fingerprint density at radius 2 is 1.58 bits per heavy atom. The summed E-state index contributed by atoms with van der Waals surface area (Å²) in [5.74, 6) is -1.97. The minimum atomic E-state index is -1.26. The molecule has 7 nitrogen and oxygen atoms in total. The van der Waals surface area contributed by atoms with Crippen LogP contribution in [0.5, 0.6) is 0 Å². The molecule has 1 aliphatic rings. The number of carbonyl (C=O) groups is 2. The lowest BCUT2D eigenvalue weighted by atomic mass is 9.92. The zero-order valence-corrected chi connectivity index (χ0v) is 17.9. The number of benzene rings is 2. The Hall–Kier alpha value is -3.16. The molecule has 31 heavy (non-hydrogen) atoms. The number of rotatable bonds is 4. The number of hydrogen-bond acceptors (Lipinski definition) is 4. The second-order valence-electron chi connectivity index (χ2n) is 7.38. The highest BCUT2D eigenvalue weighted by Gasteiger charge is 2.24. The van der Waals surface area contributed by atoms with Crippen LogP contribution in [-0.4, -0.2) is 57.0 Å². The Bertz CT molecular complexity index is 1070. The fourth-order valence-electron chi connectivity index (χ4n) is 3.60. The van der Waals surface area contributed by atoms with Gasteiger partial charge in [0.2, 0.25) is 0 Å². The highest BCUT2D eigenvalue weighted by Crippen LogP contribution is 2.33. The predicted molar refractivity (Wildman–Crippen MR) is 120 cm³/mol. The molecule has 2 heterocycles. The minimum absolute atomic E-state index is 0.546. The SMILES string of the molecule is CN1CCC(c2nn(-c3ccc(Cl)cc3)c3ccccc23)CC1.O=C(O)C=CC(=O)O. The molecule has 0 atom stereocenters. The third kappa shape index (κ3) is 5.93.